The molecule has 1 fully saturated rings. The molecule has 1 unspecified atom stereocenters. The fraction of sp³-hybridized carbons (Fsp3) is 1.00. The summed E-state index contributed by atoms with van der Waals surface area (Å²) in [6, 6.07) is 0. The van der Waals surface area contributed by atoms with Crippen molar-refractivity contribution in [3.63, 3.8) is 0 Å². The molecule has 60 valence electrons. The Hall–Kier alpha value is -0.230. The summed E-state index contributed by atoms with van der Waals surface area (Å²) in [6.07, 6.45) is -5.82. The normalized spacial score (nSPS) is 48.0. The number of rotatable bonds is 1. The summed E-state index contributed by atoms with van der Waals surface area (Å²) in [7, 11) is 0. The van der Waals surface area contributed by atoms with Crippen molar-refractivity contribution in [3.8, 4) is 0 Å². The second kappa shape index (κ2) is 2.79. The van der Waals surface area contributed by atoms with Gasteiger partial charge in [-0.3, -0.25) is 0 Å². The van der Waals surface area contributed by atoms with E-state index in [0.717, 1.165) is 0 Å². The predicted molar refractivity (Wildman–Crippen MR) is 28.9 cm³/mol. The van der Waals surface area contributed by atoms with Crippen LogP contribution in [0.25, 0.3) is 0 Å². The van der Waals surface area contributed by atoms with Crippen molar-refractivity contribution in [1.82, 2.24) is 0 Å². The zero-order valence-electron chi connectivity index (χ0n) is 5.14. The number of alkyl halides is 1. The molecule has 1 aliphatic heterocycles. The maximum Gasteiger partial charge on any atom is 0.189 e. The maximum absolute atomic E-state index is 12.4. The molecule has 1 heterocycles. The SMILES string of the molecule is OC[C@H]1O[C@@H](O)[C@@H](F)C1O. The lowest BCUT2D eigenvalue weighted by atomic mass is 10.2. The quantitative estimate of drug-likeness (QED) is 0.423. The number of aliphatic hydroxyl groups is 3. The first-order valence-corrected chi connectivity index (χ1v) is 2.93. The minimum Gasteiger partial charge on any atom is -0.394 e. The fourth-order valence-corrected chi connectivity index (χ4v) is 0.859. The van der Waals surface area contributed by atoms with Gasteiger partial charge >= 0.3 is 0 Å². The van der Waals surface area contributed by atoms with E-state index in [-0.39, 0.29) is 0 Å². The molecule has 1 saturated heterocycles. The second-order valence-electron chi connectivity index (χ2n) is 2.18. The highest BCUT2D eigenvalue weighted by Crippen LogP contribution is 2.21. The number of hydrogen-bond donors (Lipinski definition) is 3. The smallest absolute Gasteiger partial charge is 0.189 e. The van der Waals surface area contributed by atoms with Gasteiger partial charge in [-0.25, -0.2) is 4.39 Å². The molecule has 4 nitrogen and oxygen atoms in total. The van der Waals surface area contributed by atoms with Gasteiger partial charge in [-0.2, -0.15) is 0 Å². The van der Waals surface area contributed by atoms with Gasteiger partial charge < -0.3 is 20.1 Å². The predicted octanol–water partition coefficient (Wildman–Crippen LogP) is -1.61. The summed E-state index contributed by atoms with van der Waals surface area (Å²) >= 11 is 0. The molecule has 0 radical (unpaired) electrons. The Kier molecular flexibility index (Phi) is 2.20. The molecule has 0 saturated carbocycles. The van der Waals surface area contributed by atoms with E-state index in [1.165, 1.54) is 0 Å². The summed E-state index contributed by atoms with van der Waals surface area (Å²) in [6.45, 7) is -0.487. The first kappa shape index (κ1) is 7.87. The first-order chi connectivity index (χ1) is 4.66. The third kappa shape index (κ3) is 1.13. The van der Waals surface area contributed by atoms with Gasteiger partial charge in [0.2, 0.25) is 0 Å². The molecule has 1 rings (SSSR count). The lowest BCUT2D eigenvalue weighted by molar-refractivity contribution is -0.121. The monoisotopic (exact) mass is 152 g/mol. The van der Waals surface area contributed by atoms with Crippen molar-refractivity contribution in [2.24, 2.45) is 0 Å². The molecular weight excluding hydrogens is 143 g/mol. The Labute approximate surface area is 56.9 Å². The van der Waals surface area contributed by atoms with E-state index < -0.39 is 31.3 Å². The summed E-state index contributed by atoms with van der Waals surface area (Å²) in [4.78, 5) is 0. The van der Waals surface area contributed by atoms with Crippen molar-refractivity contribution in [1.29, 1.82) is 0 Å². The van der Waals surface area contributed by atoms with Crippen molar-refractivity contribution >= 4 is 0 Å². The van der Waals surface area contributed by atoms with E-state index in [2.05, 4.69) is 4.74 Å². The standard InChI is InChI=1S/C5H9FO4/c6-3-4(8)2(1-7)10-5(3)9/h2-5,7-9H,1H2/t2-,3+,4?,5-/m1/s1. The molecule has 10 heavy (non-hydrogen) atoms. The molecule has 1 aliphatic rings. The zero-order chi connectivity index (χ0) is 7.72. The Morgan fingerprint density at radius 3 is 2.20 bits per heavy atom. The molecule has 0 spiro atoms. The van der Waals surface area contributed by atoms with E-state index in [4.69, 9.17) is 15.3 Å². The molecule has 0 aromatic heterocycles. The van der Waals surface area contributed by atoms with Gasteiger partial charge in [-0.15, -0.1) is 0 Å². The van der Waals surface area contributed by atoms with E-state index >= 15 is 0 Å². The van der Waals surface area contributed by atoms with Gasteiger partial charge in [0.1, 0.15) is 12.2 Å². The minimum absolute atomic E-state index is 0.487. The lowest BCUT2D eigenvalue weighted by Gasteiger charge is -2.08. The van der Waals surface area contributed by atoms with Crippen LogP contribution in [0.5, 0.6) is 0 Å². The Morgan fingerprint density at radius 2 is 2.00 bits per heavy atom. The van der Waals surface area contributed by atoms with E-state index in [9.17, 15) is 4.39 Å². The van der Waals surface area contributed by atoms with Crippen LogP contribution in [0.2, 0.25) is 0 Å². The van der Waals surface area contributed by atoms with Crippen LogP contribution < -0.4 is 0 Å². The largest absolute Gasteiger partial charge is 0.394 e. The van der Waals surface area contributed by atoms with Crippen LogP contribution in [0.4, 0.5) is 4.39 Å². The van der Waals surface area contributed by atoms with Crippen LogP contribution in [0.1, 0.15) is 0 Å². The van der Waals surface area contributed by atoms with Crippen LogP contribution in [0.3, 0.4) is 0 Å². The Bertz CT molecular complexity index is 120. The topological polar surface area (TPSA) is 69.9 Å². The highest BCUT2D eigenvalue weighted by molar-refractivity contribution is 4.85. The fourth-order valence-electron chi connectivity index (χ4n) is 0.859. The van der Waals surface area contributed by atoms with Crippen molar-refractivity contribution in [3.05, 3.63) is 0 Å². The average molecular weight is 152 g/mol. The van der Waals surface area contributed by atoms with Gasteiger partial charge in [0.25, 0.3) is 0 Å². The number of aliphatic hydroxyl groups excluding tert-OH is 3. The van der Waals surface area contributed by atoms with Gasteiger partial charge in [-0.1, -0.05) is 0 Å². The van der Waals surface area contributed by atoms with Crippen molar-refractivity contribution in [2.45, 2.75) is 24.7 Å². The summed E-state index contributed by atoms with van der Waals surface area (Å²) in [5.41, 5.74) is 0. The molecule has 0 amide bonds. The highest BCUT2D eigenvalue weighted by atomic mass is 19.1. The van der Waals surface area contributed by atoms with Gasteiger partial charge in [0.15, 0.2) is 12.5 Å². The zero-order valence-corrected chi connectivity index (χ0v) is 5.14. The van der Waals surface area contributed by atoms with Crippen molar-refractivity contribution < 1.29 is 24.4 Å². The van der Waals surface area contributed by atoms with Crippen LogP contribution in [0.15, 0.2) is 0 Å². The second-order valence-corrected chi connectivity index (χ2v) is 2.18. The van der Waals surface area contributed by atoms with Gasteiger partial charge in [-0.05, 0) is 0 Å². The number of hydrogen-bond acceptors (Lipinski definition) is 4. The molecule has 5 heteroatoms. The van der Waals surface area contributed by atoms with Crippen LogP contribution >= 0.6 is 0 Å². The number of ether oxygens (including phenoxy) is 1. The first-order valence-electron chi connectivity index (χ1n) is 2.93. The van der Waals surface area contributed by atoms with E-state index in [1.54, 1.807) is 0 Å². The highest BCUT2D eigenvalue weighted by Gasteiger charge is 2.42. The molecule has 4 atom stereocenters. The van der Waals surface area contributed by atoms with Gasteiger partial charge in [0, 0.05) is 0 Å². The lowest BCUT2D eigenvalue weighted by Crippen LogP contribution is -2.30. The molecule has 3 N–H and O–H groups in total. The molecule has 0 aromatic carbocycles. The van der Waals surface area contributed by atoms with E-state index in [1.807, 2.05) is 0 Å². The molecular formula is C5H9FO4. The molecule has 0 aromatic rings. The maximum atomic E-state index is 12.4. The molecule has 0 aliphatic carbocycles. The minimum atomic E-state index is -1.81. The van der Waals surface area contributed by atoms with Crippen LogP contribution in [0, 0.1) is 0 Å². The Morgan fingerprint density at radius 1 is 1.40 bits per heavy atom. The van der Waals surface area contributed by atoms with Crippen LogP contribution in [-0.2, 0) is 4.74 Å². The van der Waals surface area contributed by atoms with Crippen molar-refractivity contribution in [2.75, 3.05) is 6.61 Å². The summed E-state index contributed by atoms with van der Waals surface area (Å²) in [5.74, 6) is 0. The number of halogens is 1. The summed E-state index contributed by atoms with van der Waals surface area (Å²) in [5, 5.41) is 25.8. The third-order valence-corrected chi connectivity index (χ3v) is 1.47. The molecule has 0 bridgehead atoms. The van der Waals surface area contributed by atoms with Gasteiger partial charge in [0.05, 0.1) is 6.61 Å². The summed E-state index contributed by atoms with van der Waals surface area (Å²) < 4.78 is 16.8. The van der Waals surface area contributed by atoms with E-state index in [0.29, 0.717) is 0 Å². The van der Waals surface area contributed by atoms with Crippen LogP contribution in [-0.4, -0.2) is 46.6 Å². The third-order valence-electron chi connectivity index (χ3n) is 1.47. The Balaban J connectivity index is 2.53. The average Bonchev–Trinajstić information content (AvgIpc) is 2.17.